The summed E-state index contributed by atoms with van der Waals surface area (Å²) in [7, 11) is 2.97. The summed E-state index contributed by atoms with van der Waals surface area (Å²) >= 11 is 12.2. The highest BCUT2D eigenvalue weighted by molar-refractivity contribution is 6.35. The maximum Gasteiger partial charge on any atom is 0.332 e. The number of aryl methyl sites for hydroxylation is 1. The minimum atomic E-state index is -0.636. The van der Waals surface area contributed by atoms with Crippen LogP contribution in [0.5, 0.6) is 0 Å². The molecule has 2 fully saturated rings. The molecule has 6 rings (SSSR count). The maximum absolute atomic E-state index is 13.6. The van der Waals surface area contributed by atoms with E-state index in [0.29, 0.717) is 47.9 Å². The molecule has 2 aromatic heterocycles. The molecule has 4 aromatic rings. The van der Waals surface area contributed by atoms with Gasteiger partial charge in [-0.15, -0.1) is 0 Å². The van der Waals surface area contributed by atoms with Crippen LogP contribution in [0.1, 0.15) is 12.0 Å². The van der Waals surface area contributed by atoms with Gasteiger partial charge in [0.25, 0.3) is 11.5 Å². The van der Waals surface area contributed by atoms with E-state index in [9.17, 15) is 23.6 Å². The lowest BCUT2D eigenvalue weighted by Crippen LogP contribution is -2.53. The summed E-state index contributed by atoms with van der Waals surface area (Å²) in [6, 6.07) is 9.94. The van der Waals surface area contributed by atoms with Crippen molar-refractivity contribution < 1.29 is 14.0 Å². The number of hydrogen-bond donors (Lipinski definition) is 0. The van der Waals surface area contributed by atoms with Gasteiger partial charge in [0, 0.05) is 50.3 Å². The van der Waals surface area contributed by atoms with Gasteiger partial charge in [-0.05, 0) is 35.9 Å². The van der Waals surface area contributed by atoms with Crippen molar-refractivity contribution in [3.8, 4) is 0 Å². The summed E-state index contributed by atoms with van der Waals surface area (Å²) in [5.41, 5.74) is 0.617. The molecule has 0 spiro atoms. The number of fused-ring (bicyclic) bond motifs is 1. The Kier molecular flexibility index (Phi) is 7.16. The topological polar surface area (TPSA) is 106 Å². The highest BCUT2D eigenvalue weighted by Gasteiger charge is 2.43. The number of imidazole rings is 1. The molecule has 1 atom stereocenters. The quantitative estimate of drug-likeness (QED) is 0.318. The molecule has 4 heterocycles. The van der Waals surface area contributed by atoms with Gasteiger partial charge in [0.2, 0.25) is 11.9 Å². The van der Waals surface area contributed by atoms with Gasteiger partial charge in [0.15, 0.2) is 11.2 Å². The highest BCUT2D eigenvalue weighted by atomic mass is 35.5. The summed E-state index contributed by atoms with van der Waals surface area (Å²) in [6.07, 6.45) is 0.0319. The van der Waals surface area contributed by atoms with Crippen molar-refractivity contribution in [1.82, 2.24) is 23.6 Å². The fourth-order valence-electron chi connectivity index (χ4n) is 5.67. The van der Waals surface area contributed by atoms with Crippen LogP contribution < -0.4 is 21.0 Å². The summed E-state index contributed by atoms with van der Waals surface area (Å²) in [6.45, 7) is 2.02. The van der Waals surface area contributed by atoms with Crippen LogP contribution in [0.2, 0.25) is 10.0 Å². The van der Waals surface area contributed by atoms with Crippen LogP contribution in [0.4, 0.5) is 16.0 Å². The van der Waals surface area contributed by atoms with E-state index in [4.69, 9.17) is 28.2 Å². The zero-order valence-corrected chi connectivity index (χ0v) is 24.3. The normalized spacial score (nSPS) is 18.1. The number of carbonyl (C=O) groups excluding carboxylic acids is 2. The monoisotopic (exact) mass is 613 g/mol. The predicted molar refractivity (Wildman–Crippen MR) is 157 cm³/mol. The molecular weight excluding hydrogens is 588 g/mol. The standard InChI is InChI=1S/C28H26Cl2FN7O4/c1-33-24-23(26(41)34(2)28(33)42)37(15-16-3-5-19(31)6-4-16)27(32-24)36-9-7-35(8-10-36)21-14-22(39)38(25(21)40)20-12-17(29)11-18(30)13-20/h3-6,11-13,21H,7-10,14-15H2,1-2H3. The summed E-state index contributed by atoms with van der Waals surface area (Å²) in [4.78, 5) is 62.0. The molecule has 1 unspecified atom stereocenters. The minimum absolute atomic E-state index is 0.0319. The third-order valence-corrected chi connectivity index (χ3v) is 8.28. The van der Waals surface area contributed by atoms with E-state index >= 15 is 0 Å². The number of amides is 2. The number of nitrogens with zero attached hydrogens (tertiary/aromatic N) is 7. The van der Waals surface area contributed by atoms with E-state index in [1.54, 1.807) is 23.7 Å². The molecule has 218 valence electrons. The minimum Gasteiger partial charge on any atom is -0.340 e. The van der Waals surface area contributed by atoms with Gasteiger partial charge in [-0.2, -0.15) is 4.98 Å². The number of rotatable bonds is 5. The van der Waals surface area contributed by atoms with Gasteiger partial charge < -0.3 is 4.90 Å². The van der Waals surface area contributed by atoms with E-state index in [0.717, 1.165) is 15.0 Å². The van der Waals surface area contributed by atoms with Crippen LogP contribution in [-0.2, 0) is 30.2 Å². The number of aromatic nitrogens is 4. The summed E-state index contributed by atoms with van der Waals surface area (Å²) in [5.74, 6) is -0.561. The smallest absolute Gasteiger partial charge is 0.332 e. The number of hydrogen-bond acceptors (Lipinski definition) is 7. The van der Waals surface area contributed by atoms with E-state index in [1.807, 2.05) is 9.80 Å². The first-order chi connectivity index (χ1) is 20.0. The molecule has 2 aromatic carbocycles. The SMILES string of the molecule is Cn1c(=O)c2c(nc(N3CCN(C4CC(=O)N(c5cc(Cl)cc(Cl)c5)C4=O)CC3)n2Cc2ccc(F)cc2)n(C)c1=O. The second kappa shape index (κ2) is 10.7. The number of imide groups is 1. The van der Waals surface area contributed by atoms with Crippen molar-refractivity contribution in [1.29, 1.82) is 0 Å². The lowest BCUT2D eigenvalue weighted by atomic mass is 10.1. The van der Waals surface area contributed by atoms with Gasteiger partial charge in [0.05, 0.1) is 24.7 Å². The zero-order chi connectivity index (χ0) is 29.9. The van der Waals surface area contributed by atoms with Crippen molar-refractivity contribution in [2.24, 2.45) is 14.1 Å². The number of benzene rings is 2. The van der Waals surface area contributed by atoms with E-state index in [-0.39, 0.29) is 41.8 Å². The van der Waals surface area contributed by atoms with Crippen LogP contribution in [0, 0.1) is 5.82 Å². The average Bonchev–Trinajstić information content (AvgIpc) is 3.48. The molecule has 2 aliphatic heterocycles. The first-order valence-electron chi connectivity index (χ1n) is 13.3. The Morgan fingerprint density at radius 3 is 2.19 bits per heavy atom. The van der Waals surface area contributed by atoms with Crippen molar-refractivity contribution in [2.45, 2.75) is 19.0 Å². The van der Waals surface area contributed by atoms with Gasteiger partial charge in [-0.1, -0.05) is 35.3 Å². The van der Waals surface area contributed by atoms with Crippen molar-refractivity contribution in [3.05, 3.63) is 84.7 Å². The van der Waals surface area contributed by atoms with Crippen LogP contribution in [0.25, 0.3) is 11.2 Å². The first kappa shape index (κ1) is 28.1. The molecule has 2 aliphatic rings. The van der Waals surface area contributed by atoms with E-state index in [1.165, 1.54) is 41.9 Å². The van der Waals surface area contributed by atoms with Gasteiger partial charge in [0.1, 0.15) is 5.82 Å². The molecule has 0 N–H and O–H groups in total. The Balaban J connectivity index is 1.29. The Morgan fingerprint density at radius 1 is 0.905 bits per heavy atom. The largest absolute Gasteiger partial charge is 0.340 e. The van der Waals surface area contributed by atoms with Crippen molar-refractivity contribution in [2.75, 3.05) is 36.0 Å². The predicted octanol–water partition coefficient (Wildman–Crippen LogP) is 2.38. The van der Waals surface area contributed by atoms with Crippen LogP contribution >= 0.6 is 23.2 Å². The molecule has 11 nitrogen and oxygen atoms in total. The average molecular weight is 614 g/mol. The zero-order valence-electron chi connectivity index (χ0n) is 22.8. The molecule has 14 heteroatoms. The second-order valence-electron chi connectivity index (χ2n) is 10.4. The van der Waals surface area contributed by atoms with Crippen LogP contribution in [-0.4, -0.2) is 67.6 Å². The number of anilines is 2. The number of carbonyl (C=O) groups is 2. The Labute approximate surface area is 248 Å². The Hall–Kier alpha value is -4.00. The van der Waals surface area contributed by atoms with E-state index in [2.05, 4.69) is 0 Å². The number of piperazine rings is 1. The summed E-state index contributed by atoms with van der Waals surface area (Å²) < 4.78 is 17.7. The lowest BCUT2D eigenvalue weighted by molar-refractivity contribution is -0.123. The van der Waals surface area contributed by atoms with Gasteiger partial charge in [-0.25, -0.2) is 14.1 Å². The fourth-order valence-corrected chi connectivity index (χ4v) is 6.19. The van der Waals surface area contributed by atoms with Crippen LogP contribution in [0.3, 0.4) is 0 Å². The molecular formula is C28H26Cl2FN7O4. The van der Waals surface area contributed by atoms with Gasteiger partial charge in [-0.3, -0.25) is 33.0 Å². The first-order valence-corrected chi connectivity index (χ1v) is 14.0. The van der Waals surface area contributed by atoms with Gasteiger partial charge >= 0.3 is 5.69 Å². The molecule has 42 heavy (non-hydrogen) atoms. The third kappa shape index (κ3) is 4.79. The number of halogens is 3. The van der Waals surface area contributed by atoms with Crippen LogP contribution in [0.15, 0.2) is 52.1 Å². The molecule has 0 saturated carbocycles. The Bertz CT molecular complexity index is 1840. The molecule has 0 radical (unpaired) electrons. The van der Waals surface area contributed by atoms with E-state index < -0.39 is 17.3 Å². The fraction of sp³-hybridized carbons (Fsp3) is 0.321. The lowest BCUT2D eigenvalue weighted by Gasteiger charge is -2.37. The highest BCUT2D eigenvalue weighted by Crippen LogP contribution is 2.31. The Morgan fingerprint density at radius 2 is 1.55 bits per heavy atom. The molecule has 0 aliphatic carbocycles. The second-order valence-corrected chi connectivity index (χ2v) is 11.3. The van der Waals surface area contributed by atoms with Crippen molar-refractivity contribution in [3.63, 3.8) is 0 Å². The van der Waals surface area contributed by atoms with Crippen molar-refractivity contribution >= 4 is 57.8 Å². The molecule has 2 saturated heterocycles. The summed E-state index contributed by atoms with van der Waals surface area (Å²) in [5, 5.41) is 0.650. The maximum atomic E-state index is 13.6. The molecule has 0 bridgehead atoms. The molecule has 2 amide bonds. The third-order valence-electron chi connectivity index (χ3n) is 7.85.